The van der Waals surface area contributed by atoms with Crippen LogP contribution in [0.4, 0.5) is 0 Å². The molecule has 0 aliphatic rings. The molecule has 0 bridgehead atoms. The summed E-state index contributed by atoms with van der Waals surface area (Å²) in [5.41, 5.74) is 7.55. The molecule has 42 heavy (non-hydrogen) atoms. The fourth-order valence-electron chi connectivity index (χ4n) is 4.41. The van der Waals surface area contributed by atoms with E-state index in [2.05, 4.69) is 72.8 Å². The fourth-order valence-corrected chi connectivity index (χ4v) is 4.41. The lowest BCUT2D eigenvalue weighted by molar-refractivity contribution is 0.0591. The zero-order valence-electron chi connectivity index (χ0n) is 23.4. The van der Waals surface area contributed by atoms with Crippen LogP contribution < -0.4 is 9.47 Å². The van der Waals surface area contributed by atoms with Gasteiger partial charge in [0.2, 0.25) is 0 Å². The van der Waals surface area contributed by atoms with Crippen LogP contribution in [0.25, 0.3) is 22.3 Å². The van der Waals surface area contributed by atoms with Gasteiger partial charge in [-0.1, -0.05) is 66.7 Å². The smallest absolute Gasteiger partial charge is 0.337 e. The first-order chi connectivity index (χ1) is 20.5. The molecule has 0 aliphatic carbocycles. The highest BCUT2D eigenvalue weighted by Gasteiger charge is 2.07. The van der Waals surface area contributed by atoms with E-state index in [0.29, 0.717) is 35.8 Å². The Morgan fingerprint density at radius 2 is 0.857 bits per heavy atom. The van der Waals surface area contributed by atoms with E-state index in [1.54, 1.807) is 48.5 Å². The second kappa shape index (κ2) is 13.3. The van der Waals surface area contributed by atoms with Crippen molar-refractivity contribution in [1.82, 2.24) is 0 Å². The molecule has 0 heterocycles. The second-order valence-electron chi connectivity index (χ2n) is 9.58. The van der Waals surface area contributed by atoms with Crippen LogP contribution in [0, 0.1) is 0 Å². The molecule has 0 saturated carbocycles. The van der Waals surface area contributed by atoms with Crippen LogP contribution in [0.15, 0.2) is 121 Å². The predicted octanol–water partition coefficient (Wildman–Crippen LogP) is 7.75. The number of carbonyl (C=O) groups excluding carboxylic acids is 2. The van der Waals surface area contributed by atoms with Crippen LogP contribution in [-0.4, -0.2) is 26.2 Å². The number of ether oxygens (including phenoxy) is 4. The van der Waals surface area contributed by atoms with Crippen LogP contribution in [0.3, 0.4) is 0 Å². The van der Waals surface area contributed by atoms with Gasteiger partial charge in [0.05, 0.1) is 25.3 Å². The Kier molecular flexibility index (Phi) is 8.94. The maximum absolute atomic E-state index is 11.6. The molecule has 5 aromatic carbocycles. The average molecular weight is 559 g/mol. The van der Waals surface area contributed by atoms with Gasteiger partial charge in [-0.05, 0) is 88.0 Å². The van der Waals surface area contributed by atoms with E-state index in [0.717, 1.165) is 33.4 Å². The Hall–Kier alpha value is -5.36. The average Bonchev–Trinajstić information content (AvgIpc) is 3.06. The standard InChI is InChI=1S/C36H30O6/c1-39-35(37)29-14-18-33(19-15-29)41-23-25-6-10-27(11-7-25)31-4-3-5-32(22-31)28-12-8-26(9-13-28)24-42-34-20-16-30(17-21-34)36(38)40-2/h3-22H,23-24H2,1-2H3. The quantitative estimate of drug-likeness (QED) is 0.163. The summed E-state index contributed by atoms with van der Waals surface area (Å²) >= 11 is 0. The third kappa shape index (κ3) is 7.04. The molecule has 0 amide bonds. The first-order valence-electron chi connectivity index (χ1n) is 13.4. The summed E-state index contributed by atoms with van der Waals surface area (Å²) in [6, 6.07) is 38.9. The van der Waals surface area contributed by atoms with Crippen LogP contribution in [-0.2, 0) is 22.7 Å². The lowest BCUT2D eigenvalue weighted by Crippen LogP contribution is -2.01. The minimum absolute atomic E-state index is 0.370. The molecule has 210 valence electrons. The van der Waals surface area contributed by atoms with Crippen molar-refractivity contribution in [3.63, 3.8) is 0 Å². The maximum atomic E-state index is 11.6. The molecule has 0 unspecified atom stereocenters. The van der Waals surface area contributed by atoms with Gasteiger partial charge in [0.25, 0.3) is 0 Å². The zero-order chi connectivity index (χ0) is 29.3. The van der Waals surface area contributed by atoms with Gasteiger partial charge in [-0.3, -0.25) is 0 Å². The normalized spacial score (nSPS) is 10.5. The van der Waals surface area contributed by atoms with Crippen molar-refractivity contribution in [2.75, 3.05) is 14.2 Å². The topological polar surface area (TPSA) is 71.1 Å². The lowest BCUT2D eigenvalue weighted by Gasteiger charge is -2.10. The number of methoxy groups -OCH3 is 2. The molecular weight excluding hydrogens is 528 g/mol. The number of rotatable bonds is 10. The summed E-state index contributed by atoms with van der Waals surface area (Å²) < 4.78 is 21.2. The minimum Gasteiger partial charge on any atom is -0.489 e. The van der Waals surface area contributed by atoms with E-state index in [1.165, 1.54) is 14.2 Å². The van der Waals surface area contributed by atoms with Crippen molar-refractivity contribution in [2.24, 2.45) is 0 Å². The number of hydrogen-bond acceptors (Lipinski definition) is 6. The van der Waals surface area contributed by atoms with Crippen LogP contribution in [0.2, 0.25) is 0 Å². The molecule has 6 heteroatoms. The molecule has 5 rings (SSSR count). The van der Waals surface area contributed by atoms with Gasteiger partial charge in [0.1, 0.15) is 24.7 Å². The van der Waals surface area contributed by atoms with Gasteiger partial charge >= 0.3 is 11.9 Å². The van der Waals surface area contributed by atoms with E-state index < -0.39 is 0 Å². The third-order valence-corrected chi connectivity index (χ3v) is 6.80. The van der Waals surface area contributed by atoms with Crippen LogP contribution in [0.5, 0.6) is 11.5 Å². The highest BCUT2D eigenvalue weighted by molar-refractivity contribution is 5.89. The Labute approximate surface area is 245 Å². The van der Waals surface area contributed by atoms with Gasteiger partial charge in [-0.25, -0.2) is 9.59 Å². The summed E-state index contributed by atoms with van der Waals surface area (Å²) in [5, 5.41) is 0. The molecule has 0 aliphatic heterocycles. The zero-order valence-corrected chi connectivity index (χ0v) is 23.4. The third-order valence-electron chi connectivity index (χ3n) is 6.80. The van der Waals surface area contributed by atoms with Gasteiger partial charge in [-0.15, -0.1) is 0 Å². The SMILES string of the molecule is COC(=O)c1ccc(OCc2ccc(-c3cccc(-c4ccc(COc5ccc(C(=O)OC)cc5)cc4)c3)cc2)cc1. The largest absolute Gasteiger partial charge is 0.489 e. The van der Waals surface area contributed by atoms with Crippen LogP contribution in [0.1, 0.15) is 31.8 Å². The summed E-state index contributed by atoms with van der Waals surface area (Å²) in [4.78, 5) is 23.2. The summed E-state index contributed by atoms with van der Waals surface area (Å²) in [5.74, 6) is 0.633. The maximum Gasteiger partial charge on any atom is 0.337 e. The number of hydrogen-bond donors (Lipinski definition) is 0. The monoisotopic (exact) mass is 558 g/mol. The Morgan fingerprint density at radius 1 is 0.476 bits per heavy atom. The van der Waals surface area contributed by atoms with E-state index in [9.17, 15) is 9.59 Å². The van der Waals surface area contributed by atoms with Crippen molar-refractivity contribution in [1.29, 1.82) is 0 Å². The van der Waals surface area contributed by atoms with Gasteiger partial charge < -0.3 is 18.9 Å². The molecule has 6 nitrogen and oxygen atoms in total. The summed E-state index contributed by atoms with van der Waals surface area (Å²) in [6.07, 6.45) is 0. The second-order valence-corrected chi connectivity index (χ2v) is 9.58. The first kappa shape index (κ1) is 28.2. The molecule has 0 radical (unpaired) electrons. The van der Waals surface area contributed by atoms with Gasteiger partial charge in [0, 0.05) is 0 Å². The van der Waals surface area contributed by atoms with E-state index in [1.807, 2.05) is 0 Å². The molecule has 0 N–H and O–H groups in total. The van der Waals surface area contributed by atoms with Gasteiger partial charge in [-0.2, -0.15) is 0 Å². The van der Waals surface area contributed by atoms with Crippen molar-refractivity contribution in [3.8, 4) is 33.8 Å². The fraction of sp³-hybridized carbons (Fsp3) is 0.111. The van der Waals surface area contributed by atoms with E-state index in [4.69, 9.17) is 18.9 Å². The molecule has 0 saturated heterocycles. The Bertz CT molecular complexity index is 1520. The molecular formula is C36H30O6. The van der Waals surface area contributed by atoms with E-state index in [-0.39, 0.29) is 11.9 Å². The lowest BCUT2D eigenvalue weighted by atomic mass is 9.98. The van der Waals surface area contributed by atoms with Crippen LogP contribution >= 0.6 is 0 Å². The molecule has 0 fully saturated rings. The van der Waals surface area contributed by atoms with Crippen molar-refractivity contribution < 1.29 is 28.5 Å². The highest BCUT2D eigenvalue weighted by Crippen LogP contribution is 2.27. The number of carbonyl (C=O) groups is 2. The first-order valence-corrected chi connectivity index (χ1v) is 13.4. The molecule has 0 spiro atoms. The van der Waals surface area contributed by atoms with Gasteiger partial charge in [0.15, 0.2) is 0 Å². The Morgan fingerprint density at radius 3 is 1.21 bits per heavy atom. The van der Waals surface area contributed by atoms with Crippen molar-refractivity contribution >= 4 is 11.9 Å². The summed E-state index contributed by atoms with van der Waals surface area (Å²) in [7, 11) is 2.72. The predicted molar refractivity (Wildman–Crippen MR) is 162 cm³/mol. The minimum atomic E-state index is -0.370. The summed E-state index contributed by atoms with van der Waals surface area (Å²) in [6.45, 7) is 0.847. The number of esters is 2. The van der Waals surface area contributed by atoms with E-state index >= 15 is 0 Å². The molecule has 5 aromatic rings. The van der Waals surface area contributed by atoms with Crippen molar-refractivity contribution in [3.05, 3.63) is 144 Å². The van der Waals surface area contributed by atoms with Crippen molar-refractivity contribution in [2.45, 2.75) is 13.2 Å². The Balaban J connectivity index is 1.18. The highest BCUT2D eigenvalue weighted by atomic mass is 16.5. The molecule has 0 aromatic heterocycles. The molecule has 0 atom stereocenters. The number of benzene rings is 5.